The van der Waals surface area contributed by atoms with Gasteiger partial charge in [-0.05, 0) is 35.0 Å². The van der Waals surface area contributed by atoms with Crippen LogP contribution in [0.25, 0.3) is 0 Å². The minimum atomic E-state index is -0.115. The predicted molar refractivity (Wildman–Crippen MR) is 77.9 cm³/mol. The Kier molecular flexibility index (Phi) is 4.61. The zero-order chi connectivity index (χ0) is 12.4. The van der Waals surface area contributed by atoms with Crippen molar-refractivity contribution in [1.29, 1.82) is 0 Å². The minimum Gasteiger partial charge on any atom is -0.299 e. The fourth-order valence-electron chi connectivity index (χ4n) is 3.16. The minimum absolute atomic E-state index is 0.115. The third-order valence-corrected chi connectivity index (χ3v) is 4.61. The smallest absolute Gasteiger partial charge is 0.140 e. The largest absolute Gasteiger partial charge is 0.299 e. The highest BCUT2D eigenvalue weighted by atomic mass is 127. The van der Waals surface area contributed by atoms with Crippen LogP contribution >= 0.6 is 22.6 Å². The van der Waals surface area contributed by atoms with Crippen LogP contribution in [0.15, 0.2) is 12.7 Å². The van der Waals surface area contributed by atoms with E-state index >= 15 is 0 Å². The Labute approximate surface area is 113 Å². The lowest BCUT2D eigenvalue weighted by molar-refractivity contribution is -0.128. The maximum absolute atomic E-state index is 12.4. The molecule has 0 radical (unpaired) electrons. The number of allylic oxidation sites excluding steroid dienone is 1. The molecule has 1 fully saturated rings. The molecule has 0 amide bonds. The summed E-state index contributed by atoms with van der Waals surface area (Å²) in [6.07, 6.45) is 5.70. The summed E-state index contributed by atoms with van der Waals surface area (Å²) in [6.45, 7) is 10.5. The lowest BCUT2D eigenvalue weighted by Gasteiger charge is -2.34. The van der Waals surface area contributed by atoms with Crippen molar-refractivity contribution in [3.05, 3.63) is 12.7 Å². The van der Waals surface area contributed by atoms with Crippen LogP contribution in [0.1, 0.15) is 46.5 Å². The molecular formula is C14H23IO. The normalized spacial score (nSPS) is 30.4. The monoisotopic (exact) mass is 334 g/mol. The van der Waals surface area contributed by atoms with Crippen molar-refractivity contribution in [2.75, 3.05) is 4.43 Å². The summed E-state index contributed by atoms with van der Waals surface area (Å²) >= 11 is 2.40. The van der Waals surface area contributed by atoms with Gasteiger partial charge in [0.25, 0.3) is 0 Å². The van der Waals surface area contributed by atoms with Crippen molar-refractivity contribution in [2.24, 2.45) is 16.7 Å². The molecule has 1 saturated carbocycles. The first kappa shape index (κ1) is 14.2. The van der Waals surface area contributed by atoms with Crippen LogP contribution in [-0.2, 0) is 4.79 Å². The first-order valence-corrected chi connectivity index (χ1v) is 7.61. The van der Waals surface area contributed by atoms with Crippen LogP contribution in [0.3, 0.4) is 0 Å². The molecule has 0 aromatic carbocycles. The van der Waals surface area contributed by atoms with Gasteiger partial charge in [0.1, 0.15) is 5.78 Å². The molecule has 16 heavy (non-hydrogen) atoms. The number of carbonyl (C=O) groups is 1. The van der Waals surface area contributed by atoms with Crippen molar-refractivity contribution >= 4 is 28.4 Å². The average molecular weight is 334 g/mol. The van der Waals surface area contributed by atoms with Crippen molar-refractivity contribution in [2.45, 2.75) is 46.5 Å². The van der Waals surface area contributed by atoms with Gasteiger partial charge in [0, 0.05) is 11.8 Å². The maximum atomic E-state index is 12.4. The summed E-state index contributed by atoms with van der Waals surface area (Å²) < 4.78 is 1.13. The Morgan fingerprint density at radius 3 is 2.56 bits per heavy atom. The molecule has 0 aromatic heterocycles. The molecule has 0 heterocycles. The highest BCUT2D eigenvalue weighted by molar-refractivity contribution is 14.1. The van der Waals surface area contributed by atoms with E-state index in [-0.39, 0.29) is 10.8 Å². The Morgan fingerprint density at radius 2 is 2.19 bits per heavy atom. The summed E-state index contributed by atoms with van der Waals surface area (Å²) in [6, 6.07) is 0. The molecule has 1 aliphatic rings. The number of Topliss-reactive ketones (excluding diaryl/α,β-unsaturated/α-hetero) is 1. The van der Waals surface area contributed by atoms with E-state index in [1.54, 1.807) is 0 Å². The molecule has 2 heteroatoms. The highest BCUT2D eigenvalue weighted by Gasteiger charge is 2.51. The molecule has 1 rings (SSSR count). The van der Waals surface area contributed by atoms with E-state index < -0.39 is 0 Å². The van der Waals surface area contributed by atoms with Gasteiger partial charge in [0.15, 0.2) is 0 Å². The van der Waals surface area contributed by atoms with E-state index in [1.807, 2.05) is 6.08 Å². The Morgan fingerprint density at radius 1 is 1.56 bits per heavy atom. The summed E-state index contributed by atoms with van der Waals surface area (Å²) in [7, 11) is 0. The first-order valence-electron chi connectivity index (χ1n) is 6.08. The Bertz CT molecular complexity index is 282. The number of halogens is 1. The maximum Gasteiger partial charge on any atom is 0.140 e. The molecule has 0 saturated heterocycles. The van der Waals surface area contributed by atoms with Gasteiger partial charge in [-0.15, -0.1) is 6.58 Å². The van der Waals surface area contributed by atoms with Gasteiger partial charge in [-0.2, -0.15) is 0 Å². The molecule has 92 valence electrons. The van der Waals surface area contributed by atoms with Crippen LogP contribution in [0.2, 0.25) is 0 Å². The Balaban J connectivity index is 2.97. The van der Waals surface area contributed by atoms with Gasteiger partial charge in [-0.1, -0.05) is 49.4 Å². The summed E-state index contributed by atoms with van der Waals surface area (Å²) in [4.78, 5) is 12.4. The molecule has 2 atom stereocenters. The van der Waals surface area contributed by atoms with Gasteiger partial charge in [0.2, 0.25) is 0 Å². The van der Waals surface area contributed by atoms with Crippen LogP contribution in [-0.4, -0.2) is 10.2 Å². The first-order chi connectivity index (χ1) is 7.38. The molecule has 1 aliphatic carbocycles. The molecule has 1 nitrogen and oxygen atoms in total. The third-order valence-electron chi connectivity index (χ3n) is 3.98. The van der Waals surface area contributed by atoms with Gasteiger partial charge < -0.3 is 0 Å². The fraction of sp³-hybridized carbons (Fsp3) is 0.786. The van der Waals surface area contributed by atoms with E-state index in [2.05, 4.69) is 49.9 Å². The molecule has 0 aromatic rings. The van der Waals surface area contributed by atoms with Crippen LogP contribution in [0, 0.1) is 16.7 Å². The fourth-order valence-corrected chi connectivity index (χ4v) is 4.09. The van der Waals surface area contributed by atoms with Gasteiger partial charge in [0.05, 0.1) is 0 Å². The zero-order valence-electron chi connectivity index (χ0n) is 10.7. The van der Waals surface area contributed by atoms with Crippen molar-refractivity contribution < 1.29 is 4.79 Å². The molecule has 0 aliphatic heterocycles. The van der Waals surface area contributed by atoms with Gasteiger partial charge >= 0.3 is 0 Å². The third kappa shape index (κ3) is 2.69. The quantitative estimate of drug-likeness (QED) is 0.414. The van der Waals surface area contributed by atoms with Crippen LogP contribution in [0.5, 0.6) is 0 Å². The van der Waals surface area contributed by atoms with Gasteiger partial charge in [-0.25, -0.2) is 0 Å². The van der Waals surface area contributed by atoms with Crippen molar-refractivity contribution in [1.82, 2.24) is 0 Å². The van der Waals surface area contributed by atoms with Crippen LogP contribution < -0.4 is 0 Å². The Hall–Kier alpha value is 0.140. The number of carbonyl (C=O) groups excluding carboxylic acids is 1. The second kappa shape index (κ2) is 5.19. The molecular weight excluding hydrogens is 311 g/mol. The van der Waals surface area contributed by atoms with E-state index in [0.29, 0.717) is 11.7 Å². The predicted octanol–water partition coefficient (Wildman–Crippen LogP) is 4.40. The number of hydrogen-bond donors (Lipinski definition) is 0. The van der Waals surface area contributed by atoms with Crippen molar-refractivity contribution in [3.63, 3.8) is 0 Å². The van der Waals surface area contributed by atoms with Gasteiger partial charge in [-0.3, -0.25) is 4.79 Å². The van der Waals surface area contributed by atoms with Crippen molar-refractivity contribution in [3.8, 4) is 0 Å². The summed E-state index contributed by atoms with van der Waals surface area (Å²) in [5.74, 6) is 0.950. The second-order valence-corrected chi connectivity index (χ2v) is 7.05. The summed E-state index contributed by atoms with van der Waals surface area (Å²) in [5.41, 5.74) is 0.0655. The molecule has 0 spiro atoms. The number of hydrogen-bond acceptors (Lipinski definition) is 1. The number of ketones is 1. The van der Waals surface area contributed by atoms with E-state index in [9.17, 15) is 4.79 Å². The zero-order valence-corrected chi connectivity index (χ0v) is 12.8. The van der Waals surface area contributed by atoms with E-state index in [1.165, 1.54) is 0 Å². The van der Waals surface area contributed by atoms with E-state index in [4.69, 9.17) is 0 Å². The standard InChI is InChI=1S/C14H23IO/c1-5-7-14(11(2)6-8-15)10-13(3,4)9-12(14)16/h5,11H,1,6-10H2,2-4H3/t11-,14+/m0/s1. The number of alkyl halides is 1. The topological polar surface area (TPSA) is 17.1 Å². The molecule has 0 bridgehead atoms. The SMILES string of the molecule is C=CC[C@]1([C@@H](C)CCI)CC(C)(C)CC1=O. The van der Waals surface area contributed by atoms with Crippen LogP contribution in [0.4, 0.5) is 0 Å². The lowest BCUT2D eigenvalue weighted by atomic mass is 9.69. The number of rotatable bonds is 5. The lowest BCUT2D eigenvalue weighted by Crippen LogP contribution is -2.33. The average Bonchev–Trinajstić information content (AvgIpc) is 2.38. The molecule has 0 unspecified atom stereocenters. The molecule has 0 N–H and O–H groups in total. The van der Waals surface area contributed by atoms with E-state index in [0.717, 1.165) is 30.1 Å². The second-order valence-electron chi connectivity index (χ2n) is 5.97. The highest BCUT2D eigenvalue weighted by Crippen LogP contribution is 2.53. The summed E-state index contributed by atoms with van der Waals surface area (Å²) in [5, 5.41) is 0.